The molecule has 0 bridgehead atoms. The van der Waals surface area contributed by atoms with Crippen molar-refractivity contribution in [3.8, 4) is 11.6 Å². The molecule has 2 rings (SSSR count). The number of nitrogens with zero attached hydrogens (tertiary/aromatic N) is 2. The quantitative estimate of drug-likeness (QED) is 0.859. The second kappa shape index (κ2) is 5.45. The van der Waals surface area contributed by atoms with Crippen molar-refractivity contribution in [3.63, 3.8) is 0 Å². The maximum absolute atomic E-state index is 12.6. The summed E-state index contributed by atoms with van der Waals surface area (Å²) in [5.41, 5.74) is 5.30. The van der Waals surface area contributed by atoms with E-state index in [1.807, 2.05) is 0 Å². The Morgan fingerprint density at radius 3 is 2.50 bits per heavy atom. The monoisotopic (exact) mass is 367 g/mol. The molecule has 1 heterocycles. The van der Waals surface area contributed by atoms with Crippen molar-refractivity contribution in [2.75, 3.05) is 5.73 Å². The molecule has 1 aromatic heterocycles. The lowest BCUT2D eigenvalue weighted by Gasteiger charge is -2.10. The maximum atomic E-state index is 12.6. The van der Waals surface area contributed by atoms with E-state index in [0.717, 1.165) is 6.07 Å². The SMILES string of the molecule is Nc1cc(Oc2ccc(Br)cc2Cl)nc(C(F)(F)F)n1. The molecule has 2 aromatic rings. The van der Waals surface area contributed by atoms with Crippen LogP contribution in [0.5, 0.6) is 11.6 Å². The van der Waals surface area contributed by atoms with E-state index >= 15 is 0 Å². The van der Waals surface area contributed by atoms with Crippen LogP contribution in [0.4, 0.5) is 19.0 Å². The Hall–Kier alpha value is -1.54. The second-order valence-electron chi connectivity index (χ2n) is 3.63. The fourth-order valence-electron chi connectivity index (χ4n) is 1.29. The average molecular weight is 369 g/mol. The molecule has 106 valence electrons. The van der Waals surface area contributed by atoms with E-state index in [2.05, 4.69) is 25.9 Å². The third-order valence-corrected chi connectivity index (χ3v) is 2.87. The van der Waals surface area contributed by atoms with Crippen LogP contribution >= 0.6 is 27.5 Å². The van der Waals surface area contributed by atoms with E-state index in [0.29, 0.717) is 4.47 Å². The van der Waals surface area contributed by atoms with Crippen LogP contribution in [0.15, 0.2) is 28.7 Å². The summed E-state index contributed by atoms with van der Waals surface area (Å²) >= 11 is 9.09. The van der Waals surface area contributed by atoms with Crippen molar-refractivity contribution in [3.05, 3.63) is 39.6 Å². The van der Waals surface area contributed by atoms with Crippen molar-refractivity contribution in [1.82, 2.24) is 9.97 Å². The minimum absolute atomic E-state index is 0.154. The Kier molecular flexibility index (Phi) is 4.05. The fourth-order valence-corrected chi connectivity index (χ4v) is 2.00. The number of hydrogen-bond acceptors (Lipinski definition) is 4. The average Bonchev–Trinajstić information content (AvgIpc) is 2.31. The molecule has 0 amide bonds. The third-order valence-electron chi connectivity index (χ3n) is 2.08. The number of ether oxygens (including phenoxy) is 1. The largest absolute Gasteiger partial charge is 0.451 e. The molecule has 4 nitrogen and oxygen atoms in total. The molecule has 9 heteroatoms. The molecule has 0 aliphatic rings. The van der Waals surface area contributed by atoms with Gasteiger partial charge in [0.05, 0.1) is 5.02 Å². The summed E-state index contributed by atoms with van der Waals surface area (Å²) in [6, 6.07) is 5.72. The number of hydrogen-bond donors (Lipinski definition) is 1. The highest BCUT2D eigenvalue weighted by Crippen LogP contribution is 2.33. The number of nitrogen functional groups attached to an aromatic ring is 1. The van der Waals surface area contributed by atoms with Crippen LogP contribution in [0.25, 0.3) is 0 Å². The lowest BCUT2D eigenvalue weighted by Crippen LogP contribution is -2.12. The van der Waals surface area contributed by atoms with Crippen LogP contribution in [0, 0.1) is 0 Å². The van der Waals surface area contributed by atoms with Crippen molar-refractivity contribution in [1.29, 1.82) is 0 Å². The molecule has 0 saturated carbocycles. The third kappa shape index (κ3) is 3.51. The van der Waals surface area contributed by atoms with Gasteiger partial charge in [-0.3, -0.25) is 0 Å². The number of benzene rings is 1. The molecule has 2 N–H and O–H groups in total. The number of halogens is 5. The molecule has 0 fully saturated rings. The summed E-state index contributed by atoms with van der Waals surface area (Å²) in [5.74, 6) is -1.91. The van der Waals surface area contributed by atoms with Gasteiger partial charge in [-0.15, -0.1) is 0 Å². The molecule has 1 aromatic carbocycles. The molecule has 0 atom stereocenters. The van der Waals surface area contributed by atoms with Gasteiger partial charge in [0.25, 0.3) is 0 Å². The first-order valence-corrected chi connectivity index (χ1v) is 6.27. The maximum Gasteiger partial charge on any atom is 0.451 e. The van der Waals surface area contributed by atoms with Crippen molar-refractivity contribution in [2.45, 2.75) is 6.18 Å². The van der Waals surface area contributed by atoms with Crippen molar-refractivity contribution < 1.29 is 17.9 Å². The molecular weight excluding hydrogens is 362 g/mol. The Morgan fingerprint density at radius 1 is 1.20 bits per heavy atom. The highest BCUT2D eigenvalue weighted by molar-refractivity contribution is 9.10. The van der Waals surface area contributed by atoms with Gasteiger partial charge in [-0.25, -0.2) is 4.98 Å². The Bertz CT molecular complexity index is 651. The van der Waals surface area contributed by atoms with Gasteiger partial charge in [0.15, 0.2) is 0 Å². The van der Waals surface area contributed by atoms with Crippen LogP contribution < -0.4 is 10.5 Å². The lowest BCUT2D eigenvalue weighted by molar-refractivity contribution is -0.145. The summed E-state index contributed by atoms with van der Waals surface area (Å²) in [7, 11) is 0. The van der Waals surface area contributed by atoms with Crippen LogP contribution in [0.3, 0.4) is 0 Å². The first-order chi connectivity index (χ1) is 9.25. The first kappa shape index (κ1) is 14.9. The molecule has 0 spiro atoms. The summed E-state index contributed by atoms with van der Waals surface area (Å²) < 4.78 is 43.6. The summed E-state index contributed by atoms with van der Waals surface area (Å²) in [5, 5.41) is 0.213. The minimum atomic E-state index is -4.71. The van der Waals surface area contributed by atoms with Crippen LogP contribution in [0.2, 0.25) is 5.02 Å². The van der Waals surface area contributed by atoms with E-state index in [-0.39, 0.29) is 22.5 Å². The molecule has 0 aliphatic carbocycles. The standard InChI is InChI=1S/C11H6BrClF3N3O/c12-5-1-2-7(6(13)3-5)20-9-4-8(17)18-10(19-9)11(14,15)16/h1-4H,(H2,17,18,19). The van der Waals surface area contributed by atoms with Gasteiger partial charge in [-0.1, -0.05) is 27.5 Å². The van der Waals surface area contributed by atoms with Gasteiger partial charge >= 0.3 is 6.18 Å². The zero-order valence-electron chi connectivity index (χ0n) is 9.58. The normalized spacial score (nSPS) is 11.4. The highest BCUT2D eigenvalue weighted by Gasteiger charge is 2.35. The van der Waals surface area contributed by atoms with Gasteiger partial charge in [-0.2, -0.15) is 18.2 Å². The van der Waals surface area contributed by atoms with Crippen molar-refractivity contribution >= 4 is 33.3 Å². The minimum Gasteiger partial charge on any atom is -0.437 e. The zero-order valence-corrected chi connectivity index (χ0v) is 11.9. The Balaban J connectivity index is 2.36. The van der Waals surface area contributed by atoms with E-state index in [4.69, 9.17) is 22.1 Å². The van der Waals surface area contributed by atoms with E-state index in [1.54, 1.807) is 6.07 Å². The molecule has 0 saturated heterocycles. The number of nitrogens with two attached hydrogens (primary N) is 1. The molecule has 0 unspecified atom stereocenters. The number of anilines is 1. The summed E-state index contributed by atoms with van der Waals surface area (Å²) in [6.45, 7) is 0. The Morgan fingerprint density at radius 2 is 1.90 bits per heavy atom. The number of alkyl halides is 3. The van der Waals surface area contributed by atoms with E-state index in [1.165, 1.54) is 12.1 Å². The topological polar surface area (TPSA) is 61.0 Å². The zero-order chi connectivity index (χ0) is 14.9. The molecule has 0 radical (unpaired) electrons. The van der Waals surface area contributed by atoms with E-state index < -0.39 is 12.0 Å². The molecule has 20 heavy (non-hydrogen) atoms. The Labute approximate surface area is 124 Å². The lowest BCUT2D eigenvalue weighted by atomic mass is 10.3. The predicted octanol–water partition coefficient (Wildman–Crippen LogP) is 4.29. The van der Waals surface area contributed by atoms with E-state index in [9.17, 15) is 13.2 Å². The van der Waals surface area contributed by atoms with Crippen LogP contribution in [-0.4, -0.2) is 9.97 Å². The second-order valence-corrected chi connectivity index (χ2v) is 4.95. The van der Waals surface area contributed by atoms with Gasteiger partial charge in [0.1, 0.15) is 11.6 Å². The molecular formula is C11H6BrClF3N3O. The molecule has 0 aliphatic heterocycles. The van der Waals surface area contributed by atoms with Crippen molar-refractivity contribution in [2.24, 2.45) is 0 Å². The van der Waals surface area contributed by atoms with Crippen LogP contribution in [0.1, 0.15) is 5.82 Å². The highest BCUT2D eigenvalue weighted by atomic mass is 79.9. The van der Waals surface area contributed by atoms with Crippen LogP contribution in [-0.2, 0) is 6.18 Å². The smallest absolute Gasteiger partial charge is 0.437 e. The number of rotatable bonds is 2. The summed E-state index contributed by atoms with van der Waals surface area (Å²) in [4.78, 5) is 6.36. The van der Waals surface area contributed by atoms with Gasteiger partial charge in [0.2, 0.25) is 11.7 Å². The van der Waals surface area contributed by atoms with Gasteiger partial charge in [0, 0.05) is 10.5 Å². The van der Waals surface area contributed by atoms with Gasteiger partial charge in [-0.05, 0) is 18.2 Å². The fraction of sp³-hybridized carbons (Fsp3) is 0.0909. The first-order valence-electron chi connectivity index (χ1n) is 5.10. The number of aromatic nitrogens is 2. The predicted molar refractivity (Wildman–Crippen MR) is 70.7 cm³/mol. The summed E-state index contributed by atoms with van der Waals surface area (Å²) in [6.07, 6.45) is -4.71. The van der Waals surface area contributed by atoms with Gasteiger partial charge < -0.3 is 10.5 Å².